The van der Waals surface area contributed by atoms with Crippen molar-refractivity contribution in [2.75, 3.05) is 6.26 Å². The van der Waals surface area contributed by atoms with Crippen LogP contribution in [0, 0.1) is 6.92 Å². The molecule has 2 heteroatoms. The lowest BCUT2D eigenvalue weighted by atomic mass is 10.2. The predicted octanol–water partition coefficient (Wildman–Crippen LogP) is 3.60. The third kappa shape index (κ3) is 1.73. The van der Waals surface area contributed by atoms with Gasteiger partial charge in [-0.15, -0.1) is 0 Å². The van der Waals surface area contributed by atoms with Gasteiger partial charge in [0, 0.05) is 5.39 Å². The second-order valence-corrected chi connectivity index (χ2v) is 4.05. The van der Waals surface area contributed by atoms with Crippen molar-refractivity contribution in [3.63, 3.8) is 0 Å². The maximum absolute atomic E-state index is 5.67. The fourth-order valence-corrected chi connectivity index (χ4v) is 1.83. The molecule has 1 heterocycles. The van der Waals surface area contributed by atoms with Crippen molar-refractivity contribution in [1.29, 1.82) is 0 Å². The number of hydrogen-bond acceptors (Lipinski definition) is 2. The number of benzene rings is 1. The molecule has 0 fully saturated rings. The van der Waals surface area contributed by atoms with Crippen LogP contribution >= 0.6 is 11.8 Å². The van der Waals surface area contributed by atoms with E-state index < -0.39 is 0 Å². The molecule has 0 N–H and O–H groups in total. The van der Waals surface area contributed by atoms with Gasteiger partial charge in [0.1, 0.15) is 11.3 Å². The summed E-state index contributed by atoms with van der Waals surface area (Å²) in [4.78, 5) is 0. The minimum Gasteiger partial charge on any atom is -0.460 e. The first-order valence-corrected chi connectivity index (χ1v) is 5.67. The highest BCUT2D eigenvalue weighted by molar-refractivity contribution is 7.97. The minimum atomic E-state index is 0.952. The third-order valence-corrected chi connectivity index (χ3v) is 2.59. The topological polar surface area (TPSA) is 13.1 Å². The van der Waals surface area contributed by atoms with Crippen LogP contribution in [0.1, 0.15) is 11.3 Å². The summed E-state index contributed by atoms with van der Waals surface area (Å²) in [6, 6.07) is 8.42. The van der Waals surface area contributed by atoms with Crippen LogP contribution in [0.25, 0.3) is 11.0 Å². The first-order chi connectivity index (χ1) is 6.29. The van der Waals surface area contributed by atoms with Crippen molar-refractivity contribution >= 4 is 22.7 Å². The summed E-state index contributed by atoms with van der Waals surface area (Å²) in [6.07, 6.45) is 2.08. The first kappa shape index (κ1) is 8.70. The molecule has 0 spiro atoms. The summed E-state index contributed by atoms with van der Waals surface area (Å²) in [6.45, 7) is 2.08. The van der Waals surface area contributed by atoms with E-state index in [9.17, 15) is 0 Å². The lowest BCUT2D eigenvalue weighted by Gasteiger charge is -1.90. The first-order valence-electron chi connectivity index (χ1n) is 4.27. The molecule has 13 heavy (non-hydrogen) atoms. The summed E-state index contributed by atoms with van der Waals surface area (Å²) in [5.74, 6) is 2.02. The smallest absolute Gasteiger partial charge is 0.134 e. The number of hydrogen-bond donors (Lipinski definition) is 0. The molecule has 1 aromatic heterocycles. The van der Waals surface area contributed by atoms with Crippen LogP contribution in [0.5, 0.6) is 0 Å². The summed E-state index contributed by atoms with van der Waals surface area (Å²) < 4.78 is 5.67. The van der Waals surface area contributed by atoms with E-state index in [4.69, 9.17) is 4.42 Å². The molecule has 0 bridgehead atoms. The zero-order chi connectivity index (χ0) is 9.26. The van der Waals surface area contributed by atoms with Gasteiger partial charge in [-0.2, -0.15) is 11.8 Å². The summed E-state index contributed by atoms with van der Waals surface area (Å²) in [5.41, 5.74) is 2.25. The van der Waals surface area contributed by atoms with Crippen molar-refractivity contribution < 1.29 is 4.42 Å². The fourth-order valence-electron chi connectivity index (χ4n) is 1.41. The van der Waals surface area contributed by atoms with E-state index in [1.54, 1.807) is 11.8 Å². The summed E-state index contributed by atoms with van der Waals surface area (Å²) in [5, 5.41) is 1.20. The van der Waals surface area contributed by atoms with Crippen LogP contribution < -0.4 is 0 Å². The largest absolute Gasteiger partial charge is 0.460 e. The molecule has 2 rings (SSSR count). The van der Waals surface area contributed by atoms with Gasteiger partial charge in [-0.25, -0.2) is 0 Å². The third-order valence-electron chi connectivity index (χ3n) is 2.01. The van der Waals surface area contributed by atoms with Crippen LogP contribution in [0.2, 0.25) is 0 Å². The Kier molecular flexibility index (Phi) is 2.32. The second-order valence-electron chi connectivity index (χ2n) is 3.19. The lowest BCUT2D eigenvalue weighted by molar-refractivity contribution is 0.574. The van der Waals surface area contributed by atoms with Gasteiger partial charge < -0.3 is 4.42 Å². The van der Waals surface area contributed by atoms with E-state index in [0.717, 1.165) is 17.1 Å². The van der Waals surface area contributed by atoms with Crippen LogP contribution in [-0.4, -0.2) is 6.26 Å². The minimum absolute atomic E-state index is 0.952. The van der Waals surface area contributed by atoms with Gasteiger partial charge in [-0.1, -0.05) is 12.1 Å². The Morgan fingerprint density at radius 1 is 1.31 bits per heavy atom. The highest BCUT2D eigenvalue weighted by Gasteiger charge is 2.02. The van der Waals surface area contributed by atoms with E-state index in [2.05, 4.69) is 37.4 Å². The van der Waals surface area contributed by atoms with Gasteiger partial charge in [0.2, 0.25) is 0 Å². The molecular formula is C11H12OS. The van der Waals surface area contributed by atoms with Gasteiger partial charge in [0.15, 0.2) is 0 Å². The average Bonchev–Trinajstić information content (AvgIpc) is 2.46. The van der Waals surface area contributed by atoms with Crippen molar-refractivity contribution in [2.45, 2.75) is 12.7 Å². The van der Waals surface area contributed by atoms with Gasteiger partial charge in [0.05, 0.1) is 5.75 Å². The molecule has 0 saturated carbocycles. The zero-order valence-corrected chi connectivity index (χ0v) is 8.65. The van der Waals surface area contributed by atoms with Gasteiger partial charge in [0.25, 0.3) is 0 Å². The van der Waals surface area contributed by atoms with Crippen LogP contribution in [0.15, 0.2) is 28.7 Å². The van der Waals surface area contributed by atoms with Crippen molar-refractivity contribution in [2.24, 2.45) is 0 Å². The maximum atomic E-state index is 5.67. The molecule has 0 aliphatic carbocycles. The number of thioether (sulfide) groups is 1. The number of furan rings is 1. The van der Waals surface area contributed by atoms with E-state index in [1.807, 2.05) is 0 Å². The van der Waals surface area contributed by atoms with Crippen LogP contribution in [-0.2, 0) is 5.75 Å². The van der Waals surface area contributed by atoms with Crippen LogP contribution in [0.3, 0.4) is 0 Å². The fraction of sp³-hybridized carbons (Fsp3) is 0.273. The molecule has 2 aromatic rings. The Bertz CT molecular complexity index is 417. The molecule has 0 aliphatic heterocycles. The lowest BCUT2D eigenvalue weighted by Crippen LogP contribution is -1.69. The average molecular weight is 192 g/mol. The second kappa shape index (κ2) is 3.46. The highest BCUT2D eigenvalue weighted by Crippen LogP contribution is 2.22. The van der Waals surface area contributed by atoms with Crippen molar-refractivity contribution in [1.82, 2.24) is 0 Å². The molecule has 0 atom stereocenters. The molecule has 0 aliphatic rings. The molecule has 1 nitrogen and oxygen atoms in total. The molecule has 0 unspecified atom stereocenters. The normalized spacial score (nSPS) is 10.9. The van der Waals surface area contributed by atoms with Gasteiger partial charge >= 0.3 is 0 Å². The Balaban J connectivity index is 2.49. The van der Waals surface area contributed by atoms with E-state index in [1.165, 1.54) is 10.9 Å². The summed E-state index contributed by atoms with van der Waals surface area (Å²) in [7, 11) is 0. The molecular weight excluding hydrogens is 180 g/mol. The molecule has 0 radical (unpaired) electrons. The monoisotopic (exact) mass is 192 g/mol. The summed E-state index contributed by atoms with van der Waals surface area (Å²) >= 11 is 1.78. The quantitative estimate of drug-likeness (QED) is 0.721. The molecule has 1 aromatic carbocycles. The maximum Gasteiger partial charge on any atom is 0.134 e. The Hall–Kier alpha value is -0.890. The molecule has 0 amide bonds. The Morgan fingerprint density at radius 2 is 2.15 bits per heavy atom. The standard InChI is InChI=1S/C11H12OS/c1-8-3-4-9-6-10(7-13-2)12-11(9)5-8/h3-6H,7H2,1-2H3. The number of aryl methyl sites for hydroxylation is 1. The van der Waals surface area contributed by atoms with Crippen molar-refractivity contribution in [3.8, 4) is 0 Å². The molecule has 68 valence electrons. The Labute approximate surface area is 82.1 Å². The predicted molar refractivity (Wildman–Crippen MR) is 58.2 cm³/mol. The highest BCUT2D eigenvalue weighted by atomic mass is 32.2. The van der Waals surface area contributed by atoms with Gasteiger partial charge in [-0.3, -0.25) is 0 Å². The van der Waals surface area contributed by atoms with E-state index in [-0.39, 0.29) is 0 Å². The molecule has 0 saturated heterocycles. The SMILES string of the molecule is CSCc1cc2ccc(C)cc2o1. The van der Waals surface area contributed by atoms with Crippen molar-refractivity contribution in [3.05, 3.63) is 35.6 Å². The van der Waals surface area contributed by atoms with E-state index >= 15 is 0 Å². The zero-order valence-electron chi connectivity index (χ0n) is 7.83. The number of fused-ring (bicyclic) bond motifs is 1. The Morgan fingerprint density at radius 3 is 2.92 bits per heavy atom. The number of rotatable bonds is 2. The van der Waals surface area contributed by atoms with Crippen LogP contribution in [0.4, 0.5) is 0 Å². The van der Waals surface area contributed by atoms with E-state index in [0.29, 0.717) is 0 Å². The van der Waals surface area contributed by atoms with Gasteiger partial charge in [-0.05, 0) is 30.9 Å².